The zero-order valence-electron chi connectivity index (χ0n) is 11.9. The largest absolute Gasteiger partial charge is 0.457 e. The average molecular weight is 296 g/mol. The molecular formula is C17H16N2O3. The first kappa shape index (κ1) is 14.2. The van der Waals surface area contributed by atoms with Crippen molar-refractivity contribution in [2.45, 2.75) is 12.8 Å². The molecule has 0 saturated carbocycles. The van der Waals surface area contributed by atoms with Crippen molar-refractivity contribution in [2.75, 3.05) is 0 Å². The van der Waals surface area contributed by atoms with Gasteiger partial charge in [0.05, 0.1) is 5.70 Å². The predicted molar refractivity (Wildman–Crippen MR) is 82.3 cm³/mol. The van der Waals surface area contributed by atoms with E-state index in [4.69, 9.17) is 10.5 Å². The molecule has 1 aliphatic carbocycles. The van der Waals surface area contributed by atoms with Crippen LogP contribution in [0.2, 0.25) is 0 Å². The van der Waals surface area contributed by atoms with Gasteiger partial charge < -0.3 is 10.5 Å². The quantitative estimate of drug-likeness (QED) is 0.666. The molecule has 5 nitrogen and oxygen atoms in total. The molecule has 0 saturated heterocycles. The minimum Gasteiger partial charge on any atom is -0.457 e. The van der Waals surface area contributed by atoms with Crippen LogP contribution in [0.15, 0.2) is 60.3 Å². The highest BCUT2D eigenvalue weighted by molar-refractivity contribution is 5.82. The Morgan fingerprint density at radius 3 is 2.36 bits per heavy atom. The van der Waals surface area contributed by atoms with Gasteiger partial charge in [-0.05, 0) is 36.6 Å². The molecule has 3 N–H and O–H groups in total. The fourth-order valence-corrected chi connectivity index (χ4v) is 2.44. The number of benzene rings is 2. The molecule has 3 rings (SSSR count). The lowest BCUT2D eigenvalue weighted by Crippen LogP contribution is -2.34. The molecule has 22 heavy (non-hydrogen) atoms. The van der Waals surface area contributed by atoms with Crippen LogP contribution in [0.4, 0.5) is 4.79 Å². The number of allylic oxidation sites excluding steroid dienone is 2. The molecule has 5 heteroatoms. The first-order valence-corrected chi connectivity index (χ1v) is 6.99. The lowest BCUT2D eigenvalue weighted by Gasteiger charge is -2.29. The maximum Gasteiger partial charge on any atom is 0.343 e. The molecule has 1 aliphatic rings. The smallest absolute Gasteiger partial charge is 0.343 e. The van der Waals surface area contributed by atoms with Crippen molar-refractivity contribution < 1.29 is 14.7 Å². The van der Waals surface area contributed by atoms with Crippen molar-refractivity contribution >= 4 is 11.6 Å². The molecule has 0 radical (unpaired) electrons. The Morgan fingerprint density at radius 1 is 1.05 bits per heavy atom. The molecule has 0 heterocycles. The Hall–Kier alpha value is -2.79. The summed E-state index contributed by atoms with van der Waals surface area (Å²) >= 11 is 0. The number of nitrogens with two attached hydrogens (primary N) is 1. The Bertz CT molecular complexity index is 726. The Balaban J connectivity index is 1.95. The summed E-state index contributed by atoms with van der Waals surface area (Å²) in [5.74, 6) is 1.41. The van der Waals surface area contributed by atoms with Gasteiger partial charge in [-0.15, -0.1) is 0 Å². The summed E-state index contributed by atoms with van der Waals surface area (Å²) in [5, 5.41) is 10.2. The van der Waals surface area contributed by atoms with Crippen LogP contribution >= 0.6 is 0 Å². The van der Waals surface area contributed by atoms with E-state index in [9.17, 15) is 10.0 Å². The molecule has 2 amide bonds. The van der Waals surface area contributed by atoms with E-state index in [1.165, 1.54) is 0 Å². The van der Waals surface area contributed by atoms with Gasteiger partial charge in [0.2, 0.25) is 0 Å². The van der Waals surface area contributed by atoms with Crippen molar-refractivity contribution in [3.05, 3.63) is 65.9 Å². The minimum absolute atomic E-state index is 0.512. The fourth-order valence-electron chi connectivity index (χ4n) is 2.44. The topological polar surface area (TPSA) is 75.8 Å². The third kappa shape index (κ3) is 2.66. The number of primary amides is 1. The molecule has 0 aliphatic heterocycles. The second-order valence-electron chi connectivity index (χ2n) is 4.99. The van der Waals surface area contributed by atoms with Gasteiger partial charge in [-0.25, -0.2) is 4.79 Å². The van der Waals surface area contributed by atoms with Crippen molar-refractivity contribution in [1.29, 1.82) is 0 Å². The van der Waals surface area contributed by atoms with Crippen molar-refractivity contribution in [3.63, 3.8) is 0 Å². The van der Waals surface area contributed by atoms with E-state index < -0.39 is 6.03 Å². The number of urea groups is 1. The monoisotopic (exact) mass is 296 g/mol. The molecule has 0 atom stereocenters. The summed E-state index contributed by atoms with van der Waals surface area (Å²) in [6.07, 6.45) is 1.36. The van der Waals surface area contributed by atoms with E-state index in [1.807, 2.05) is 54.6 Å². The van der Waals surface area contributed by atoms with Gasteiger partial charge in [-0.3, -0.25) is 5.21 Å². The summed E-state index contributed by atoms with van der Waals surface area (Å²) in [6, 6.07) is 16.1. The third-order valence-corrected chi connectivity index (χ3v) is 3.61. The van der Waals surface area contributed by atoms with E-state index in [0.717, 1.165) is 23.3 Å². The SMILES string of the molecule is NC(=O)N(O)C1=C(c2ccccc2Oc2ccccc2)CC1. The number of hydrogen-bond donors (Lipinski definition) is 2. The van der Waals surface area contributed by atoms with Crippen LogP contribution in [-0.4, -0.2) is 16.3 Å². The summed E-state index contributed by atoms with van der Waals surface area (Å²) in [4.78, 5) is 11.1. The molecule has 0 unspecified atom stereocenters. The first-order valence-electron chi connectivity index (χ1n) is 6.99. The number of rotatable bonds is 4. The second kappa shape index (κ2) is 5.91. The normalized spacial score (nSPS) is 13.5. The van der Waals surface area contributed by atoms with Gasteiger partial charge in [0, 0.05) is 5.56 Å². The maximum atomic E-state index is 11.1. The number of ether oxygens (including phenoxy) is 1. The summed E-state index contributed by atoms with van der Waals surface area (Å²) in [5.41, 5.74) is 7.37. The van der Waals surface area contributed by atoms with Gasteiger partial charge in [-0.1, -0.05) is 36.4 Å². The fraction of sp³-hybridized carbons (Fsp3) is 0.118. The summed E-state index contributed by atoms with van der Waals surface area (Å²) in [6.45, 7) is 0. The number of nitrogens with zero attached hydrogens (tertiary/aromatic N) is 1. The van der Waals surface area contributed by atoms with Crippen LogP contribution in [0.25, 0.3) is 5.57 Å². The van der Waals surface area contributed by atoms with Crippen molar-refractivity contribution in [3.8, 4) is 11.5 Å². The van der Waals surface area contributed by atoms with Crippen LogP contribution < -0.4 is 10.5 Å². The van der Waals surface area contributed by atoms with Crippen LogP contribution in [0.3, 0.4) is 0 Å². The molecular weight excluding hydrogens is 280 g/mol. The van der Waals surface area contributed by atoms with E-state index in [0.29, 0.717) is 22.9 Å². The number of amides is 2. The van der Waals surface area contributed by atoms with Gasteiger partial charge in [-0.2, -0.15) is 5.06 Å². The number of carbonyl (C=O) groups is 1. The summed E-state index contributed by atoms with van der Waals surface area (Å²) < 4.78 is 5.90. The molecule has 0 aromatic heterocycles. The minimum atomic E-state index is -0.881. The lowest BCUT2D eigenvalue weighted by atomic mass is 9.87. The molecule has 0 fully saturated rings. The first-order chi connectivity index (χ1) is 10.7. The number of carbonyl (C=O) groups excluding carboxylic acids is 1. The Morgan fingerprint density at radius 2 is 1.73 bits per heavy atom. The number of hydroxylamine groups is 2. The zero-order valence-corrected chi connectivity index (χ0v) is 11.9. The van der Waals surface area contributed by atoms with Crippen LogP contribution in [0.5, 0.6) is 11.5 Å². The van der Waals surface area contributed by atoms with Gasteiger partial charge in [0.15, 0.2) is 0 Å². The Labute approximate surface area is 128 Å². The van der Waals surface area contributed by atoms with Crippen LogP contribution in [0, 0.1) is 0 Å². The molecule has 112 valence electrons. The zero-order chi connectivity index (χ0) is 15.5. The predicted octanol–water partition coefficient (Wildman–Crippen LogP) is 3.75. The van der Waals surface area contributed by atoms with Crippen molar-refractivity contribution in [2.24, 2.45) is 5.73 Å². The number of para-hydroxylation sites is 2. The molecule has 2 aromatic carbocycles. The Kier molecular flexibility index (Phi) is 3.80. The van der Waals surface area contributed by atoms with E-state index in [1.54, 1.807) is 0 Å². The lowest BCUT2D eigenvalue weighted by molar-refractivity contribution is -0.0114. The van der Waals surface area contributed by atoms with E-state index in [-0.39, 0.29) is 0 Å². The second-order valence-corrected chi connectivity index (χ2v) is 4.99. The van der Waals surface area contributed by atoms with Crippen LogP contribution in [-0.2, 0) is 0 Å². The summed E-state index contributed by atoms with van der Waals surface area (Å²) in [7, 11) is 0. The molecule has 2 aromatic rings. The van der Waals surface area contributed by atoms with E-state index in [2.05, 4.69) is 0 Å². The highest BCUT2D eigenvalue weighted by atomic mass is 16.5. The van der Waals surface area contributed by atoms with Gasteiger partial charge >= 0.3 is 6.03 Å². The highest BCUT2D eigenvalue weighted by Crippen LogP contribution is 2.42. The number of hydrogen-bond acceptors (Lipinski definition) is 3. The molecule has 0 spiro atoms. The van der Waals surface area contributed by atoms with E-state index >= 15 is 0 Å². The van der Waals surface area contributed by atoms with Gasteiger partial charge in [0.1, 0.15) is 11.5 Å². The third-order valence-electron chi connectivity index (χ3n) is 3.61. The van der Waals surface area contributed by atoms with Crippen molar-refractivity contribution in [1.82, 2.24) is 5.06 Å². The highest BCUT2D eigenvalue weighted by Gasteiger charge is 2.27. The maximum absolute atomic E-state index is 11.1. The standard InChI is InChI=1S/C17H16N2O3/c18-17(20)19(21)15-11-10-13(15)14-8-4-5-9-16(14)22-12-6-2-1-3-7-12/h1-9,21H,10-11H2,(H2,18,20). The van der Waals surface area contributed by atoms with Crippen LogP contribution in [0.1, 0.15) is 18.4 Å². The molecule has 0 bridgehead atoms. The van der Waals surface area contributed by atoms with Gasteiger partial charge in [0.25, 0.3) is 0 Å². The average Bonchev–Trinajstić information content (AvgIpc) is 2.49.